The van der Waals surface area contributed by atoms with Gasteiger partial charge in [-0.1, -0.05) is 18.1 Å². The summed E-state index contributed by atoms with van der Waals surface area (Å²) in [5.74, 6) is 5.50. The van der Waals surface area contributed by atoms with Crippen molar-refractivity contribution in [1.29, 1.82) is 0 Å². The summed E-state index contributed by atoms with van der Waals surface area (Å²) in [7, 11) is 1.53. The lowest BCUT2D eigenvalue weighted by Gasteiger charge is -2.11. The van der Waals surface area contributed by atoms with E-state index in [0.29, 0.717) is 17.1 Å². The standard InChI is InChI=1S/C14H14O4/c1-3-4-10-18-14-11(8-9-13(15)16)6-5-7-12(14)17-2/h5-9H,10H2,1-2H3,(H,15,16)/b9-8+. The van der Waals surface area contributed by atoms with Gasteiger partial charge in [-0.2, -0.15) is 0 Å². The molecule has 1 rings (SSSR count). The Kier molecular flexibility index (Phi) is 5.33. The Morgan fingerprint density at radius 3 is 2.89 bits per heavy atom. The Hall–Kier alpha value is -2.41. The number of carboxylic acid groups (broad SMARTS) is 1. The first kappa shape index (κ1) is 13.7. The molecule has 0 saturated carbocycles. The summed E-state index contributed by atoms with van der Waals surface area (Å²) >= 11 is 0. The van der Waals surface area contributed by atoms with Gasteiger partial charge in [-0.3, -0.25) is 0 Å². The number of ether oxygens (including phenoxy) is 2. The van der Waals surface area contributed by atoms with Crippen LogP contribution >= 0.6 is 0 Å². The summed E-state index contributed by atoms with van der Waals surface area (Å²) in [5, 5.41) is 8.63. The van der Waals surface area contributed by atoms with Crippen molar-refractivity contribution in [3.63, 3.8) is 0 Å². The van der Waals surface area contributed by atoms with Crippen LogP contribution in [0.4, 0.5) is 0 Å². The van der Waals surface area contributed by atoms with Crippen molar-refractivity contribution in [1.82, 2.24) is 0 Å². The molecule has 0 heterocycles. The number of hydrogen-bond donors (Lipinski definition) is 1. The van der Waals surface area contributed by atoms with E-state index < -0.39 is 5.97 Å². The van der Waals surface area contributed by atoms with Crippen LogP contribution in [0.3, 0.4) is 0 Å². The van der Waals surface area contributed by atoms with Gasteiger partial charge in [0.25, 0.3) is 0 Å². The first-order chi connectivity index (χ1) is 8.69. The highest BCUT2D eigenvalue weighted by atomic mass is 16.5. The molecule has 0 bridgehead atoms. The second-order valence-corrected chi connectivity index (χ2v) is 3.27. The minimum absolute atomic E-state index is 0.227. The number of benzene rings is 1. The fourth-order valence-corrected chi connectivity index (χ4v) is 1.32. The molecular formula is C14H14O4. The van der Waals surface area contributed by atoms with Gasteiger partial charge in [0.15, 0.2) is 11.5 Å². The largest absolute Gasteiger partial charge is 0.493 e. The van der Waals surface area contributed by atoms with Crippen molar-refractivity contribution >= 4 is 12.0 Å². The predicted octanol–water partition coefficient (Wildman–Crippen LogP) is 2.20. The van der Waals surface area contributed by atoms with E-state index in [9.17, 15) is 4.79 Å². The van der Waals surface area contributed by atoms with Crippen LogP contribution in [0.15, 0.2) is 24.3 Å². The highest BCUT2D eigenvalue weighted by Crippen LogP contribution is 2.31. The maximum absolute atomic E-state index is 10.5. The summed E-state index contributed by atoms with van der Waals surface area (Å²) in [6.07, 6.45) is 2.51. The van der Waals surface area contributed by atoms with Gasteiger partial charge >= 0.3 is 5.97 Å². The van der Waals surface area contributed by atoms with Gasteiger partial charge in [-0.25, -0.2) is 4.79 Å². The van der Waals surface area contributed by atoms with Crippen LogP contribution < -0.4 is 9.47 Å². The Morgan fingerprint density at radius 1 is 1.50 bits per heavy atom. The van der Waals surface area contributed by atoms with E-state index in [0.717, 1.165) is 6.08 Å². The smallest absolute Gasteiger partial charge is 0.328 e. The Morgan fingerprint density at radius 2 is 2.28 bits per heavy atom. The third kappa shape index (κ3) is 3.87. The van der Waals surface area contributed by atoms with Gasteiger partial charge in [-0.05, 0) is 19.1 Å². The summed E-state index contributed by atoms with van der Waals surface area (Å²) in [4.78, 5) is 10.5. The van der Waals surface area contributed by atoms with E-state index in [4.69, 9.17) is 14.6 Å². The molecule has 18 heavy (non-hydrogen) atoms. The molecule has 0 aliphatic rings. The Balaban J connectivity index is 3.06. The summed E-state index contributed by atoms with van der Waals surface area (Å²) in [6, 6.07) is 5.25. The molecule has 1 N–H and O–H groups in total. The van der Waals surface area contributed by atoms with Gasteiger partial charge in [0, 0.05) is 11.6 Å². The average molecular weight is 246 g/mol. The molecule has 0 aromatic heterocycles. The quantitative estimate of drug-likeness (QED) is 0.639. The zero-order chi connectivity index (χ0) is 13.4. The molecule has 4 heteroatoms. The molecule has 0 saturated heterocycles. The monoisotopic (exact) mass is 246 g/mol. The van der Waals surface area contributed by atoms with Crippen molar-refractivity contribution < 1.29 is 19.4 Å². The fraction of sp³-hybridized carbons (Fsp3) is 0.214. The lowest BCUT2D eigenvalue weighted by molar-refractivity contribution is -0.131. The molecule has 0 atom stereocenters. The second-order valence-electron chi connectivity index (χ2n) is 3.27. The Bertz CT molecular complexity index is 506. The molecule has 0 aliphatic heterocycles. The summed E-state index contributed by atoms with van der Waals surface area (Å²) in [6.45, 7) is 1.95. The highest BCUT2D eigenvalue weighted by Gasteiger charge is 2.08. The van der Waals surface area contributed by atoms with Crippen molar-refractivity contribution in [2.45, 2.75) is 6.92 Å². The topological polar surface area (TPSA) is 55.8 Å². The molecule has 0 aliphatic carbocycles. The number of carbonyl (C=O) groups is 1. The number of aliphatic carboxylic acids is 1. The van der Waals surface area contributed by atoms with E-state index in [-0.39, 0.29) is 6.61 Å². The van der Waals surface area contributed by atoms with Gasteiger partial charge in [0.2, 0.25) is 0 Å². The van der Waals surface area contributed by atoms with Crippen LogP contribution in [0.2, 0.25) is 0 Å². The molecule has 0 spiro atoms. The predicted molar refractivity (Wildman–Crippen MR) is 68.6 cm³/mol. The molecule has 0 amide bonds. The van der Waals surface area contributed by atoms with Crippen molar-refractivity contribution in [3.8, 4) is 23.3 Å². The molecule has 94 valence electrons. The number of rotatable bonds is 5. The molecule has 1 aromatic carbocycles. The molecule has 4 nitrogen and oxygen atoms in total. The Labute approximate surface area is 106 Å². The summed E-state index contributed by atoms with van der Waals surface area (Å²) in [5.41, 5.74) is 0.634. The van der Waals surface area contributed by atoms with Gasteiger partial charge in [0.1, 0.15) is 6.61 Å². The number of carboxylic acids is 1. The number of para-hydroxylation sites is 1. The van der Waals surface area contributed by atoms with Crippen molar-refractivity contribution in [3.05, 3.63) is 29.8 Å². The normalized spacial score (nSPS) is 9.67. The van der Waals surface area contributed by atoms with Gasteiger partial charge in [0.05, 0.1) is 7.11 Å². The van der Waals surface area contributed by atoms with E-state index in [1.165, 1.54) is 13.2 Å². The van der Waals surface area contributed by atoms with Crippen LogP contribution in [0.1, 0.15) is 12.5 Å². The van der Waals surface area contributed by atoms with Gasteiger partial charge < -0.3 is 14.6 Å². The number of hydrogen-bond acceptors (Lipinski definition) is 3. The molecule has 1 aromatic rings. The maximum atomic E-state index is 10.5. The van der Waals surface area contributed by atoms with Crippen LogP contribution in [-0.2, 0) is 4.79 Å². The first-order valence-electron chi connectivity index (χ1n) is 5.29. The van der Waals surface area contributed by atoms with E-state index in [2.05, 4.69) is 11.8 Å². The maximum Gasteiger partial charge on any atom is 0.328 e. The van der Waals surface area contributed by atoms with E-state index in [1.807, 2.05) is 0 Å². The van der Waals surface area contributed by atoms with Crippen molar-refractivity contribution in [2.75, 3.05) is 13.7 Å². The minimum atomic E-state index is -1.02. The van der Waals surface area contributed by atoms with Crippen LogP contribution in [-0.4, -0.2) is 24.8 Å². The van der Waals surface area contributed by atoms with Gasteiger partial charge in [-0.15, -0.1) is 5.92 Å². The lowest BCUT2D eigenvalue weighted by Crippen LogP contribution is -1.99. The van der Waals surface area contributed by atoms with Crippen LogP contribution in [0.5, 0.6) is 11.5 Å². The molecule has 0 radical (unpaired) electrons. The molecular weight excluding hydrogens is 232 g/mol. The van der Waals surface area contributed by atoms with Crippen LogP contribution in [0.25, 0.3) is 6.08 Å². The SMILES string of the molecule is CC#CCOc1c(/C=C/C(=O)O)cccc1OC. The highest BCUT2D eigenvalue weighted by molar-refractivity contribution is 5.86. The lowest BCUT2D eigenvalue weighted by atomic mass is 10.1. The first-order valence-corrected chi connectivity index (χ1v) is 5.29. The zero-order valence-electron chi connectivity index (χ0n) is 10.3. The average Bonchev–Trinajstić information content (AvgIpc) is 2.37. The summed E-state index contributed by atoms with van der Waals surface area (Å²) < 4.78 is 10.7. The third-order valence-corrected chi connectivity index (χ3v) is 2.10. The number of methoxy groups -OCH3 is 1. The second kappa shape index (κ2) is 7.02. The fourth-order valence-electron chi connectivity index (χ4n) is 1.32. The molecule has 0 unspecified atom stereocenters. The van der Waals surface area contributed by atoms with Crippen molar-refractivity contribution in [2.24, 2.45) is 0 Å². The van der Waals surface area contributed by atoms with E-state index >= 15 is 0 Å². The third-order valence-electron chi connectivity index (χ3n) is 2.10. The van der Waals surface area contributed by atoms with Crippen LogP contribution in [0, 0.1) is 11.8 Å². The minimum Gasteiger partial charge on any atom is -0.493 e. The zero-order valence-corrected chi connectivity index (χ0v) is 10.3. The molecule has 0 fully saturated rings. The van der Waals surface area contributed by atoms with E-state index in [1.54, 1.807) is 25.1 Å².